The van der Waals surface area contributed by atoms with Gasteiger partial charge in [0.05, 0.1) is 5.92 Å². The van der Waals surface area contributed by atoms with Crippen molar-refractivity contribution in [3.8, 4) is 0 Å². The monoisotopic (exact) mass is 301 g/mol. The Balaban J connectivity index is 4.65. The number of hydrogen-bond acceptors (Lipinski definition) is 3. The Morgan fingerprint density at radius 1 is 1.00 bits per heavy atom. The third-order valence-electron chi connectivity index (χ3n) is 3.38. The fourth-order valence-corrected chi connectivity index (χ4v) is 1.94. The van der Waals surface area contributed by atoms with Crippen LogP contribution in [0.2, 0.25) is 0 Å². The molecule has 0 aromatic carbocycles. The summed E-state index contributed by atoms with van der Waals surface area (Å²) >= 11 is 0. The fourth-order valence-electron chi connectivity index (χ4n) is 1.94. The average molecular weight is 301 g/mol. The van der Waals surface area contributed by atoms with Crippen LogP contribution in [0.5, 0.6) is 0 Å². The van der Waals surface area contributed by atoms with Gasteiger partial charge in [-0.3, -0.25) is 9.59 Å². The van der Waals surface area contributed by atoms with Crippen LogP contribution in [0, 0.1) is 5.92 Å². The minimum absolute atomic E-state index is 0.00152. The van der Waals surface area contributed by atoms with Crippen LogP contribution in [0.3, 0.4) is 0 Å². The maximum Gasteiger partial charge on any atom is 0.320 e. The van der Waals surface area contributed by atoms with Gasteiger partial charge in [-0.1, -0.05) is 6.92 Å². The fraction of sp³-hybridized carbons (Fsp3) is 0.786. The van der Waals surface area contributed by atoms with Crippen molar-refractivity contribution >= 4 is 17.9 Å². The molecule has 21 heavy (non-hydrogen) atoms. The summed E-state index contributed by atoms with van der Waals surface area (Å²) in [7, 11) is 1.55. The summed E-state index contributed by atoms with van der Waals surface area (Å²) in [6.45, 7) is 8.85. The number of carbonyl (C=O) groups excluding carboxylic acids is 2. The van der Waals surface area contributed by atoms with Gasteiger partial charge in [-0.25, -0.2) is 4.79 Å². The highest BCUT2D eigenvalue weighted by atomic mass is 16.4. The predicted octanol–water partition coefficient (Wildman–Crippen LogP) is 0.949. The number of carbonyl (C=O) groups is 3. The third-order valence-corrected chi connectivity index (χ3v) is 3.38. The Bertz CT molecular complexity index is 369. The number of amides is 3. The first kappa shape index (κ1) is 19.2. The zero-order valence-electron chi connectivity index (χ0n) is 13.6. The zero-order chi connectivity index (χ0) is 16.6. The van der Waals surface area contributed by atoms with Crippen molar-refractivity contribution in [3.63, 3.8) is 0 Å². The summed E-state index contributed by atoms with van der Waals surface area (Å²) < 4.78 is 0. The van der Waals surface area contributed by atoms with Gasteiger partial charge < -0.3 is 19.8 Å². The second kappa shape index (κ2) is 9.20. The van der Waals surface area contributed by atoms with Gasteiger partial charge in [0.15, 0.2) is 0 Å². The topological polar surface area (TPSA) is 81.2 Å². The van der Waals surface area contributed by atoms with E-state index in [0.717, 1.165) is 0 Å². The molecule has 1 N–H and O–H groups in total. The molecule has 3 amide bonds. The Morgan fingerprint density at radius 2 is 1.48 bits per heavy atom. The quantitative estimate of drug-likeness (QED) is 0.723. The molecule has 0 spiro atoms. The van der Waals surface area contributed by atoms with Crippen LogP contribution in [0.25, 0.3) is 0 Å². The van der Waals surface area contributed by atoms with E-state index in [-0.39, 0.29) is 25.0 Å². The van der Waals surface area contributed by atoms with Gasteiger partial charge in [0, 0.05) is 33.2 Å². The second-order valence-electron chi connectivity index (χ2n) is 4.98. The zero-order valence-corrected chi connectivity index (χ0v) is 13.6. The van der Waals surface area contributed by atoms with Crippen molar-refractivity contribution in [3.05, 3.63) is 0 Å². The molecule has 0 aromatic heterocycles. The third kappa shape index (κ3) is 6.01. The van der Waals surface area contributed by atoms with Crippen molar-refractivity contribution in [2.24, 2.45) is 5.92 Å². The van der Waals surface area contributed by atoms with E-state index >= 15 is 0 Å². The molecule has 0 saturated carbocycles. The average Bonchev–Trinajstić information content (AvgIpc) is 2.44. The van der Waals surface area contributed by atoms with Gasteiger partial charge in [0.2, 0.25) is 5.91 Å². The number of aliphatic carboxylic acids is 1. The Kier molecular flexibility index (Phi) is 8.42. The second-order valence-corrected chi connectivity index (χ2v) is 4.98. The van der Waals surface area contributed by atoms with Gasteiger partial charge in [0.25, 0.3) is 0 Å². The number of carboxylic acids is 1. The normalized spacial score (nSPS) is 11.7. The summed E-state index contributed by atoms with van der Waals surface area (Å²) in [5, 5.41) is 8.92. The Labute approximate surface area is 126 Å². The maximum absolute atomic E-state index is 12.3. The molecule has 0 bridgehead atoms. The van der Waals surface area contributed by atoms with Gasteiger partial charge in [-0.2, -0.15) is 0 Å². The van der Waals surface area contributed by atoms with Crippen LogP contribution < -0.4 is 0 Å². The number of carboxylic acid groups (broad SMARTS) is 1. The van der Waals surface area contributed by atoms with Crippen molar-refractivity contribution in [2.45, 2.75) is 27.7 Å². The molecular weight excluding hydrogens is 274 g/mol. The van der Waals surface area contributed by atoms with Crippen LogP contribution in [0.4, 0.5) is 4.79 Å². The van der Waals surface area contributed by atoms with E-state index in [2.05, 4.69) is 0 Å². The first-order valence-corrected chi connectivity index (χ1v) is 7.28. The molecule has 0 radical (unpaired) electrons. The molecule has 0 aromatic rings. The minimum atomic E-state index is -0.942. The highest BCUT2D eigenvalue weighted by Gasteiger charge is 2.23. The van der Waals surface area contributed by atoms with Gasteiger partial charge >= 0.3 is 12.0 Å². The van der Waals surface area contributed by atoms with Crippen LogP contribution in [0.1, 0.15) is 27.7 Å². The highest BCUT2D eigenvalue weighted by molar-refractivity contribution is 5.84. The van der Waals surface area contributed by atoms with E-state index in [1.54, 1.807) is 25.8 Å². The molecule has 122 valence electrons. The minimum Gasteiger partial charge on any atom is -0.481 e. The van der Waals surface area contributed by atoms with Crippen molar-refractivity contribution < 1.29 is 19.5 Å². The SMILES string of the molecule is CCN(CC)C(=O)CN(C)C(=O)N(CC)CC(C)C(=O)O. The summed E-state index contributed by atoms with van der Waals surface area (Å²) in [6.07, 6.45) is 0. The molecule has 0 aliphatic carbocycles. The lowest BCUT2D eigenvalue weighted by Crippen LogP contribution is -2.48. The largest absolute Gasteiger partial charge is 0.481 e. The van der Waals surface area contributed by atoms with E-state index in [9.17, 15) is 14.4 Å². The maximum atomic E-state index is 12.3. The molecule has 1 atom stereocenters. The van der Waals surface area contributed by atoms with E-state index in [1.807, 2.05) is 13.8 Å². The first-order valence-electron chi connectivity index (χ1n) is 7.28. The van der Waals surface area contributed by atoms with Crippen molar-refractivity contribution in [2.75, 3.05) is 39.8 Å². The molecule has 0 fully saturated rings. The predicted molar refractivity (Wildman–Crippen MR) is 80.0 cm³/mol. The first-order chi connectivity index (χ1) is 9.78. The smallest absolute Gasteiger partial charge is 0.320 e. The molecule has 0 aliphatic rings. The lowest BCUT2D eigenvalue weighted by atomic mass is 10.2. The standard InChI is InChI=1S/C14H27N3O4/c1-6-16(7-2)12(18)10-15(5)14(21)17(8-3)9-11(4)13(19)20/h11H,6-10H2,1-5H3,(H,19,20). The number of nitrogens with zero attached hydrogens (tertiary/aromatic N) is 3. The summed E-state index contributed by atoms with van der Waals surface area (Å²) in [4.78, 5) is 39.5. The molecule has 0 rings (SSSR count). The van der Waals surface area contributed by atoms with Gasteiger partial charge in [-0.15, -0.1) is 0 Å². The molecule has 0 saturated heterocycles. The number of likely N-dealkylation sites (N-methyl/N-ethyl adjacent to an activating group) is 2. The van der Waals surface area contributed by atoms with Crippen LogP contribution >= 0.6 is 0 Å². The molecule has 7 nitrogen and oxygen atoms in total. The van der Waals surface area contributed by atoms with Gasteiger partial charge in [-0.05, 0) is 20.8 Å². The van der Waals surface area contributed by atoms with E-state index < -0.39 is 11.9 Å². The molecular formula is C14H27N3O4. The summed E-state index contributed by atoms with van der Waals surface area (Å²) in [6, 6.07) is -0.328. The number of rotatable bonds is 8. The van der Waals surface area contributed by atoms with Crippen molar-refractivity contribution in [1.82, 2.24) is 14.7 Å². The van der Waals surface area contributed by atoms with E-state index in [0.29, 0.717) is 19.6 Å². The molecule has 7 heteroatoms. The lowest BCUT2D eigenvalue weighted by Gasteiger charge is -2.29. The Hall–Kier alpha value is -1.79. The highest BCUT2D eigenvalue weighted by Crippen LogP contribution is 2.04. The number of hydrogen-bond donors (Lipinski definition) is 1. The Morgan fingerprint density at radius 3 is 1.86 bits per heavy atom. The van der Waals surface area contributed by atoms with Crippen LogP contribution in [-0.4, -0.2) is 77.5 Å². The van der Waals surface area contributed by atoms with Crippen LogP contribution in [-0.2, 0) is 9.59 Å². The van der Waals surface area contributed by atoms with E-state index in [1.165, 1.54) is 9.80 Å². The number of urea groups is 1. The summed E-state index contributed by atoms with van der Waals surface area (Å²) in [5.41, 5.74) is 0. The van der Waals surface area contributed by atoms with Crippen molar-refractivity contribution in [1.29, 1.82) is 0 Å². The summed E-state index contributed by atoms with van der Waals surface area (Å²) in [5.74, 6) is -1.69. The molecule has 0 aliphatic heterocycles. The van der Waals surface area contributed by atoms with Crippen LogP contribution in [0.15, 0.2) is 0 Å². The van der Waals surface area contributed by atoms with Gasteiger partial charge in [0.1, 0.15) is 6.54 Å². The molecule has 1 unspecified atom stereocenters. The lowest BCUT2D eigenvalue weighted by molar-refractivity contribution is -0.141. The van der Waals surface area contributed by atoms with E-state index in [4.69, 9.17) is 5.11 Å². The molecule has 0 heterocycles.